The van der Waals surface area contributed by atoms with Gasteiger partial charge in [-0.25, -0.2) is 0 Å². The highest BCUT2D eigenvalue weighted by atomic mass is 15.0. The zero-order chi connectivity index (χ0) is 6.99. The lowest BCUT2D eigenvalue weighted by Gasteiger charge is -1.87. The molecular formula is C4H12N4. The van der Waals surface area contributed by atoms with Crippen molar-refractivity contribution in [2.45, 2.75) is 13.8 Å². The van der Waals surface area contributed by atoms with Crippen LogP contribution >= 0.6 is 0 Å². The van der Waals surface area contributed by atoms with Crippen molar-refractivity contribution in [2.24, 2.45) is 5.92 Å². The summed E-state index contributed by atoms with van der Waals surface area (Å²) < 4.78 is 0. The van der Waals surface area contributed by atoms with Crippen molar-refractivity contribution in [1.29, 1.82) is 0 Å². The Balaban J connectivity index is 0. The normalized spacial score (nSPS) is 7.00. The van der Waals surface area contributed by atoms with E-state index < -0.39 is 0 Å². The minimum atomic E-state index is 0.773. The second-order valence-corrected chi connectivity index (χ2v) is 1.77. The second kappa shape index (κ2) is 9.55. The number of nitrogens with zero attached hydrogens (tertiary/aromatic N) is 3. The maximum atomic E-state index is 6.75. The number of rotatable bonds is 1. The van der Waals surface area contributed by atoms with E-state index in [2.05, 4.69) is 19.6 Å². The Morgan fingerprint density at radius 2 is 1.62 bits per heavy atom. The lowest BCUT2D eigenvalue weighted by atomic mass is 10.2. The average molecular weight is 116 g/mol. The third-order valence-electron chi connectivity index (χ3n) is 0.577. The predicted molar refractivity (Wildman–Crippen MR) is 32.7 cm³/mol. The molecule has 0 fully saturated rings. The first-order valence-corrected chi connectivity index (χ1v) is 2.46. The standard InChI is InChI=1S/C4H11N.N3/c1-4(2)3-5;1-3-2/h4H,3,5H2,1-2H3;/q;-1/p+1. The summed E-state index contributed by atoms with van der Waals surface area (Å²) in [6, 6.07) is 0. The van der Waals surface area contributed by atoms with Crippen LogP contribution in [0.25, 0.3) is 16.0 Å². The lowest BCUT2D eigenvalue weighted by molar-refractivity contribution is -0.376. The molecule has 0 spiro atoms. The van der Waals surface area contributed by atoms with Crippen molar-refractivity contribution in [1.82, 2.24) is 0 Å². The van der Waals surface area contributed by atoms with E-state index in [9.17, 15) is 0 Å². The highest BCUT2D eigenvalue weighted by molar-refractivity contribution is 4.36. The molecule has 0 aliphatic carbocycles. The van der Waals surface area contributed by atoms with Crippen molar-refractivity contribution < 1.29 is 5.73 Å². The Labute approximate surface area is 49.1 Å². The second-order valence-electron chi connectivity index (χ2n) is 1.77. The van der Waals surface area contributed by atoms with Crippen LogP contribution in [0.2, 0.25) is 0 Å². The van der Waals surface area contributed by atoms with Gasteiger partial charge in [0.1, 0.15) is 0 Å². The Morgan fingerprint density at radius 1 is 1.50 bits per heavy atom. The highest BCUT2D eigenvalue weighted by Gasteiger charge is 1.83. The molecule has 48 valence electrons. The van der Waals surface area contributed by atoms with Crippen LogP contribution in [0.1, 0.15) is 13.8 Å². The number of hydrogen-bond acceptors (Lipinski definition) is 0. The minimum Gasteiger partial charge on any atom is -0.373 e. The molecule has 0 aliphatic rings. The Morgan fingerprint density at radius 3 is 1.62 bits per heavy atom. The van der Waals surface area contributed by atoms with E-state index >= 15 is 0 Å². The molecule has 0 rings (SSSR count). The van der Waals surface area contributed by atoms with E-state index in [-0.39, 0.29) is 0 Å². The quantitative estimate of drug-likeness (QED) is 0.298. The van der Waals surface area contributed by atoms with Crippen LogP contribution in [-0.4, -0.2) is 6.54 Å². The van der Waals surface area contributed by atoms with Gasteiger partial charge in [-0.1, -0.05) is 13.8 Å². The molecule has 0 saturated heterocycles. The van der Waals surface area contributed by atoms with Crippen LogP contribution in [0, 0.1) is 5.92 Å². The molecule has 3 N–H and O–H groups in total. The summed E-state index contributed by atoms with van der Waals surface area (Å²) in [5.74, 6) is 0.773. The third kappa shape index (κ3) is 59.6. The SMILES string of the molecule is CC(C)C[NH3+].[N-]=[N+]=[N-]. The summed E-state index contributed by atoms with van der Waals surface area (Å²) in [5, 5.41) is 0. The van der Waals surface area contributed by atoms with Crippen molar-refractivity contribution in [3.8, 4) is 0 Å². The Kier molecular flexibility index (Phi) is 12.3. The average Bonchev–Trinajstić information content (AvgIpc) is 1.69. The van der Waals surface area contributed by atoms with E-state index in [1.54, 1.807) is 0 Å². The molecule has 0 radical (unpaired) electrons. The van der Waals surface area contributed by atoms with Crippen LogP contribution in [-0.2, 0) is 0 Å². The van der Waals surface area contributed by atoms with Gasteiger partial charge in [-0.15, -0.1) is 0 Å². The fourth-order valence-electron chi connectivity index (χ4n) is 0. The summed E-state index contributed by atoms with van der Waals surface area (Å²) in [7, 11) is 0. The first kappa shape index (κ1) is 10.3. The summed E-state index contributed by atoms with van der Waals surface area (Å²) in [5.41, 5.74) is 17.2. The van der Waals surface area contributed by atoms with E-state index in [0.29, 0.717) is 0 Å². The van der Waals surface area contributed by atoms with Crippen molar-refractivity contribution in [3.05, 3.63) is 16.0 Å². The van der Waals surface area contributed by atoms with E-state index in [1.165, 1.54) is 4.91 Å². The molecule has 0 heterocycles. The molecule has 0 aromatic carbocycles. The first-order chi connectivity index (χ1) is 3.68. The van der Waals surface area contributed by atoms with Gasteiger partial charge in [-0.2, -0.15) is 0 Å². The van der Waals surface area contributed by atoms with Gasteiger partial charge in [0, 0.05) is 5.92 Å². The van der Waals surface area contributed by atoms with Gasteiger partial charge < -0.3 is 16.8 Å². The number of quaternary nitrogens is 1. The largest absolute Gasteiger partial charge is 0.373 e. The lowest BCUT2D eigenvalue weighted by Crippen LogP contribution is -2.52. The minimum absolute atomic E-state index is 0.773. The zero-order valence-electron chi connectivity index (χ0n) is 5.33. The molecule has 0 aliphatic heterocycles. The van der Waals surface area contributed by atoms with Gasteiger partial charge in [-0.05, 0) is 0 Å². The molecule has 0 atom stereocenters. The van der Waals surface area contributed by atoms with Crippen LogP contribution in [0.15, 0.2) is 0 Å². The molecule has 0 unspecified atom stereocenters. The monoisotopic (exact) mass is 116 g/mol. The summed E-state index contributed by atoms with van der Waals surface area (Å²) in [6.07, 6.45) is 0. The fraction of sp³-hybridized carbons (Fsp3) is 1.00. The van der Waals surface area contributed by atoms with Gasteiger partial charge in [0.05, 0.1) is 6.54 Å². The predicted octanol–water partition coefficient (Wildman–Crippen LogP) is 0.750. The van der Waals surface area contributed by atoms with Crippen LogP contribution in [0.5, 0.6) is 0 Å². The van der Waals surface area contributed by atoms with Crippen LogP contribution < -0.4 is 5.73 Å². The highest BCUT2D eigenvalue weighted by Crippen LogP contribution is 1.79. The van der Waals surface area contributed by atoms with Gasteiger partial charge in [0.15, 0.2) is 0 Å². The van der Waals surface area contributed by atoms with E-state index in [4.69, 9.17) is 11.1 Å². The van der Waals surface area contributed by atoms with Crippen LogP contribution in [0.3, 0.4) is 0 Å². The van der Waals surface area contributed by atoms with Crippen molar-refractivity contribution in [2.75, 3.05) is 6.54 Å². The van der Waals surface area contributed by atoms with Gasteiger partial charge in [0.2, 0.25) is 0 Å². The van der Waals surface area contributed by atoms with E-state index in [1.807, 2.05) is 0 Å². The Hall–Kier alpha value is -0.730. The maximum Gasteiger partial charge on any atom is 0.0763 e. The molecule has 0 saturated carbocycles. The smallest absolute Gasteiger partial charge is 0.0763 e. The fourth-order valence-corrected chi connectivity index (χ4v) is 0. The topological polar surface area (TPSA) is 86.3 Å². The molecular weight excluding hydrogens is 104 g/mol. The molecule has 4 nitrogen and oxygen atoms in total. The molecule has 0 amide bonds. The number of hydrogen-bond donors (Lipinski definition) is 1. The summed E-state index contributed by atoms with van der Waals surface area (Å²) in [6.45, 7) is 5.38. The van der Waals surface area contributed by atoms with Gasteiger partial charge in [-0.3, -0.25) is 4.91 Å². The molecule has 4 heteroatoms. The zero-order valence-corrected chi connectivity index (χ0v) is 5.33. The van der Waals surface area contributed by atoms with Gasteiger partial charge >= 0.3 is 0 Å². The Bertz CT molecular complexity index is 62.4. The first-order valence-electron chi connectivity index (χ1n) is 2.46. The van der Waals surface area contributed by atoms with Crippen molar-refractivity contribution in [3.63, 3.8) is 0 Å². The van der Waals surface area contributed by atoms with E-state index in [0.717, 1.165) is 12.5 Å². The molecule has 0 aromatic rings. The van der Waals surface area contributed by atoms with Crippen molar-refractivity contribution >= 4 is 0 Å². The van der Waals surface area contributed by atoms with Gasteiger partial charge in [0.25, 0.3) is 0 Å². The molecule has 0 aromatic heterocycles. The molecule has 8 heavy (non-hydrogen) atoms. The van der Waals surface area contributed by atoms with Crippen LogP contribution in [0.4, 0.5) is 0 Å². The maximum absolute atomic E-state index is 6.75. The summed E-state index contributed by atoms with van der Waals surface area (Å²) in [4.78, 5) is 1.50. The summed E-state index contributed by atoms with van der Waals surface area (Å²) >= 11 is 0. The third-order valence-corrected chi connectivity index (χ3v) is 0.577. The molecule has 0 bridgehead atoms.